The molecule has 1 N–H and O–H groups in total. The number of hydrogen-bond acceptors (Lipinski definition) is 1. The molecule has 0 aliphatic rings. The van der Waals surface area contributed by atoms with Gasteiger partial charge in [-0.3, -0.25) is 0 Å². The Hall–Kier alpha value is -0.480. The molecule has 1 atom stereocenters. The standard InChI is InChI=1S/C15H22BrF2N/c1-4-7-19-9-11(10(2)3)8-12-14(17)6-5-13(16)15(12)18/h5-6,10-11,19H,4,7-9H2,1-3H3. The van der Waals surface area contributed by atoms with E-state index in [1.807, 2.05) is 0 Å². The van der Waals surface area contributed by atoms with Crippen LogP contribution in [0.3, 0.4) is 0 Å². The van der Waals surface area contributed by atoms with Crippen molar-refractivity contribution in [2.45, 2.75) is 33.6 Å². The third-order valence-corrected chi connectivity index (χ3v) is 3.99. The summed E-state index contributed by atoms with van der Waals surface area (Å²) < 4.78 is 28.1. The van der Waals surface area contributed by atoms with Crippen LogP contribution in [0.2, 0.25) is 0 Å². The zero-order valence-electron chi connectivity index (χ0n) is 11.8. The van der Waals surface area contributed by atoms with Gasteiger partial charge in [0.1, 0.15) is 11.6 Å². The minimum absolute atomic E-state index is 0.186. The molecule has 1 nitrogen and oxygen atoms in total. The molecule has 0 aliphatic heterocycles. The molecular weight excluding hydrogens is 312 g/mol. The van der Waals surface area contributed by atoms with Crippen LogP contribution in [-0.2, 0) is 6.42 Å². The fraction of sp³-hybridized carbons (Fsp3) is 0.600. The molecule has 0 heterocycles. The van der Waals surface area contributed by atoms with Crippen molar-refractivity contribution in [3.63, 3.8) is 0 Å². The maximum atomic E-state index is 14.0. The lowest BCUT2D eigenvalue weighted by Crippen LogP contribution is -2.29. The summed E-state index contributed by atoms with van der Waals surface area (Å²) in [5.41, 5.74) is 0.186. The van der Waals surface area contributed by atoms with Gasteiger partial charge in [-0.05, 0) is 65.8 Å². The van der Waals surface area contributed by atoms with E-state index in [-0.39, 0.29) is 11.5 Å². The lowest BCUT2D eigenvalue weighted by atomic mass is 9.88. The van der Waals surface area contributed by atoms with Crippen LogP contribution in [0, 0.1) is 23.5 Å². The summed E-state index contributed by atoms with van der Waals surface area (Å²) in [7, 11) is 0. The summed E-state index contributed by atoms with van der Waals surface area (Å²) in [6.45, 7) is 8.01. The molecule has 1 unspecified atom stereocenters. The minimum Gasteiger partial charge on any atom is -0.316 e. The highest BCUT2D eigenvalue weighted by Crippen LogP contribution is 2.26. The van der Waals surface area contributed by atoms with Gasteiger partial charge in [0.2, 0.25) is 0 Å². The smallest absolute Gasteiger partial charge is 0.143 e. The summed E-state index contributed by atoms with van der Waals surface area (Å²) in [6, 6.07) is 2.73. The average molecular weight is 334 g/mol. The molecule has 0 spiro atoms. The first-order valence-corrected chi connectivity index (χ1v) is 7.59. The molecule has 0 radical (unpaired) electrons. The van der Waals surface area contributed by atoms with Crippen LogP contribution in [0.25, 0.3) is 0 Å². The maximum Gasteiger partial charge on any atom is 0.143 e. The van der Waals surface area contributed by atoms with Crippen LogP contribution < -0.4 is 5.32 Å². The summed E-state index contributed by atoms with van der Waals surface area (Å²) >= 11 is 3.11. The van der Waals surface area contributed by atoms with Crippen molar-refractivity contribution in [2.24, 2.45) is 11.8 Å². The fourth-order valence-corrected chi connectivity index (χ4v) is 2.40. The fourth-order valence-electron chi connectivity index (χ4n) is 2.03. The zero-order valence-corrected chi connectivity index (χ0v) is 13.4. The molecule has 0 aromatic heterocycles. The van der Waals surface area contributed by atoms with Gasteiger partial charge in [0.05, 0.1) is 4.47 Å². The monoisotopic (exact) mass is 333 g/mol. The Morgan fingerprint density at radius 3 is 2.53 bits per heavy atom. The van der Waals surface area contributed by atoms with E-state index >= 15 is 0 Å². The van der Waals surface area contributed by atoms with Crippen molar-refractivity contribution in [3.8, 4) is 0 Å². The molecule has 0 fully saturated rings. The first-order valence-electron chi connectivity index (χ1n) is 6.80. The van der Waals surface area contributed by atoms with E-state index in [0.717, 1.165) is 19.5 Å². The molecular formula is C15H22BrF2N. The van der Waals surface area contributed by atoms with E-state index < -0.39 is 11.6 Å². The van der Waals surface area contributed by atoms with Crippen molar-refractivity contribution < 1.29 is 8.78 Å². The van der Waals surface area contributed by atoms with Crippen molar-refractivity contribution in [2.75, 3.05) is 13.1 Å². The van der Waals surface area contributed by atoms with Gasteiger partial charge in [-0.2, -0.15) is 0 Å². The van der Waals surface area contributed by atoms with Crippen molar-refractivity contribution in [1.29, 1.82) is 0 Å². The van der Waals surface area contributed by atoms with Gasteiger partial charge >= 0.3 is 0 Å². The summed E-state index contributed by atoms with van der Waals surface area (Å²) in [4.78, 5) is 0. The molecule has 19 heavy (non-hydrogen) atoms. The van der Waals surface area contributed by atoms with Gasteiger partial charge in [0.15, 0.2) is 0 Å². The molecule has 1 aromatic carbocycles. The van der Waals surface area contributed by atoms with Gasteiger partial charge in [-0.1, -0.05) is 20.8 Å². The molecule has 4 heteroatoms. The molecule has 0 saturated carbocycles. The molecule has 1 aromatic rings. The Balaban J connectivity index is 2.81. The molecule has 0 aliphatic carbocycles. The van der Waals surface area contributed by atoms with Crippen LogP contribution >= 0.6 is 15.9 Å². The Kier molecular flexibility index (Phi) is 6.94. The lowest BCUT2D eigenvalue weighted by molar-refractivity contribution is 0.351. The molecule has 0 bridgehead atoms. The summed E-state index contributed by atoms with van der Waals surface area (Å²) in [5.74, 6) is -0.324. The predicted octanol–water partition coefficient (Wildman–Crippen LogP) is 4.54. The van der Waals surface area contributed by atoms with Gasteiger partial charge in [-0.15, -0.1) is 0 Å². The second-order valence-electron chi connectivity index (χ2n) is 5.23. The van der Waals surface area contributed by atoms with Crippen LogP contribution in [-0.4, -0.2) is 13.1 Å². The highest BCUT2D eigenvalue weighted by molar-refractivity contribution is 9.10. The topological polar surface area (TPSA) is 12.0 Å². The second kappa shape index (κ2) is 7.95. The number of hydrogen-bond donors (Lipinski definition) is 1. The molecule has 1 rings (SSSR count). The third kappa shape index (κ3) is 4.84. The van der Waals surface area contributed by atoms with E-state index in [9.17, 15) is 8.78 Å². The minimum atomic E-state index is -0.471. The number of nitrogens with one attached hydrogen (secondary N) is 1. The SMILES string of the molecule is CCCNCC(Cc1c(F)ccc(Br)c1F)C(C)C. The van der Waals surface area contributed by atoms with E-state index in [1.54, 1.807) is 0 Å². The van der Waals surface area contributed by atoms with Crippen LogP contribution in [0.5, 0.6) is 0 Å². The van der Waals surface area contributed by atoms with E-state index in [0.29, 0.717) is 16.8 Å². The van der Waals surface area contributed by atoms with Crippen LogP contribution in [0.15, 0.2) is 16.6 Å². The third-order valence-electron chi connectivity index (χ3n) is 3.38. The highest BCUT2D eigenvalue weighted by atomic mass is 79.9. The molecule has 0 saturated heterocycles. The quantitative estimate of drug-likeness (QED) is 0.570. The molecule has 108 valence electrons. The van der Waals surface area contributed by atoms with E-state index in [1.165, 1.54) is 12.1 Å². The largest absolute Gasteiger partial charge is 0.316 e. The number of benzene rings is 1. The second-order valence-corrected chi connectivity index (χ2v) is 6.09. The van der Waals surface area contributed by atoms with Gasteiger partial charge in [0, 0.05) is 5.56 Å². The first kappa shape index (κ1) is 16.6. The predicted molar refractivity (Wildman–Crippen MR) is 79.3 cm³/mol. The normalized spacial score (nSPS) is 13.0. The van der Waals surface area contributed by atoms with Gasteiger partial charge in [0.25, 0.3) is 0 Å². The highest BCUT2D eigenvalue weighted by Gasteiger charge is 2.20. The Labute approximate surface area is 122 Å². The average Bonchev–Trinajstić information content (AvgIpc) is 2.37. The number of halogens is 3. The number of rotatable bonds is 7. The van der Waals surface area contributed by atoms with E-state index in [2.05, 4.69) is 42.0 Å². The Morgan fingerprint density at radius 2 is 1.95 bits per heavy atom. The Bertz CT molecular complexity index is 407. The van der Waals surface area contributed by atoms with Crippen molar-refractivity contribution in [1.82, 2.24) is 5.32 Å². The first-order chi connectivity index (χ1) is 8.97. The summed E-state index contributed by atoms with van der Waals surface area (Å²) in [6.07, 6.45) is 1.48. The Morgan fingerprint density at radius 1 is 1.26 bits per heavy atom. The lowest BCUT2D eigenvalue weighted by Gasteiger charge is -2.22. The van der Waals surface area contributed by atoms with E-state index in [4.69, 9.17) is 0 Å². The molecule has 0 amide bonds. The van der Waals surface area contributed by atoms with Gasteiger partial charge in [-0.25, -0.2) is 8.78 Å². The van der Waals surface area contributed by atoms with Crippen molar-refractivity contribution in [3.05, 3.63) is 33.8 Å². The van der Waals surface area contributed by atoms with Crippen LogP contribution in [0.4, 0.5) is 8.78 Å². The summed E-state index contributed by atoms with van der Waals surface area (Å²) in [5, 5.41) is 3.33. The van der Waals surface area contributed by atoms with Gasteiger partial charge < -0.3 is 5.32 Å². The van der Waals surface area contributed by atoms with Crippen molar-refractivity contribution >= 4 is 15.9 Å². The van der Waals surface area contributed by atoms with Crippen LogP contribution in [0.1, 0.15) is 32.8 Å². The zero-order chi connectivity index (χ0) is 14.4. The maximum absolute atomic E-state index is 14.0.